The van der Waals surface area contributed by atoms with Gasteiger partial charge in [-0.05, 0) is 24.3 Å². The molecule has 0 radical (unpaired) electrons. The minimum absolute atomic E-state index is 0.592. The van der Waals surface area contributed by atoms with Crippen LogP contribution in [0.5, 0.6) is 0 Å². The van der Waals surface area contributed by atoms with E-state index in [1.54, 1.807) is 23.0 Å². The maximum Gasteiger partial charge on any atom is 0.146 e. The van der Waals surface area contributed by atoms with Crippen molar-refractivity contribution in [1.82, 2.24) is 9.66 Å². The third kappa shape index (κ3) is 1.72. The van der Waals surface area contributed by atoms with Gasteiger partial charge >= 0.3 is 0 Å². The Morgan fingerprint density at radius 1 is 1.36 bits per heavy atom. The minimum atomic E-state index is 0.592. The predicted octanol–water partition coefficient (Wildman–Crippen LogP) is 1.63. The Hall–Kier alpha value is -2.28. The van der Waals surface area contributed by atoms with Gasteiger partial charge in [0.15, 0.2) is 0 Å². The van der Waals surface area contributed by atoms with Crippen LogP contribution in [0.1, 0.15) is 5.56 Å². The molecule has 0 atom stereocenters. The molecule has 0 fully saturated rings. The lowest BCUT2D eigenvalue weighted by Gasteiger charge is -2.05. The minimum Gasteiger partial charge on any atom is -0.278 e. The first-order valence-electron chi connectivity index (χ1n) is 4.14. The smallest absolute Gasteiger partial charge is 0.146 e. The SMILES string of the molecule is N#Cc1ccnc(Nn2cccc2)c1. The van der Waals surface area contributed by atoms with E-state index in [2.05, 4.69) is 16.5 Å². The Kier molecular flexibility index (Phi) is 2.15. The highest BCUT2D eigenvalue weighted by molar-refractivity contribution is 5.42. The first-order chi connectivity index (χ1) is 6.88. The first kappa shape index (κ1) is 8.32. The largest absolute Gasteiger partial charge is 0.278 e. The summed E-state index contributed by atoms with van der Waals surface area (Å²) in [7, 11) is 0. The van der Waals surface area contributed by atoms with E-state index in [-0.39, 0.29) is 0 Å². The fourth-order valence-corrected chi connectivity index (χ4v) is 1.10. The van der Waals surface area contributed by atoms with Gasteiger partial charge in [0, 0.05) is 18.6 Å². The van der Waals surface area contributed by atoms with Crippen LogP contribution >= 0.6 is 0 Å². The molecule has 4 heteroatoms. The number of rotatable bonds is 2. The first-order valence-corrected chi connectivity index (χ1v) is 4.14. The van der Waals surface area contributed by atoms with E-state index in [9.17, 15) is 0 Å². The summed E-state index contributed by atoms with van der Waals surface area (Å²) in [5.41, 5.74) is 3.61. The van der Waals surface area contributed by atoms with Crippen molar-refractivity contribution in [3.8, 4) is 6.07 Å². The topological polar surface area (TPSA) is 53.6 Å². The van der Waals surface area contributed by atoms with E-state index < -0.39 is 0 Å². The molecule has 0 aromatic carbocycles. The van der Waals surface area contributed by atoms with Gasteiger partial charge < -0.3 is 0 Å². The molecule has 2 aromatic rings. The molecule has 0 saturated carbocycles. The van der Waals surface area contributed by atoms with Crippen molar-refractivity contribution in [2.24, 2.45) is 0 Å². The van der Waals surface area contributed by atoms with Crippen molar-refractivity contribution in [3.05, 3.63) is 48.4 Å². The molecule has 0 unspecified atom stereocenters. The highest BCUT2D eigenvalue weighted by Gasteiger charge is 1.95. The zero-order valence-electron chi connectivity index (χ0n) is 7.38. The molecule has 14 heavy (non-hydrogen) atoms. The fraction of sp³-hybridized carbons (Fsp3) is 0. The zero-order chi connectivity index (χ0) is 9.80. The van der Waals surface area contributed by atoms with E-state index in [1.807, 2.05) is 24.5 Å². The van der Waals surface area contributed by atoms with Gasteiger partial charge in [0.25, 0.3) is 0 Å². The molecule has 4 nitrogen and oxygen atoms in total. The molecule has 0 spiro atoms. The third-order valence-electron chi connectivity index (χ3n) is 1.74. The molecule has 0 amide bonds. The number of pyridine rings is 1. The summed E-state index contributed by atoms with van der Waals surface area (Å²) >= 11 is 0. The molecule has 0 aliphatic carbocycles. The molecule has 68 valence electrons. The molecule has 2 aromatic heterocycles. The molecule has 2 heterocycles. The molecular formula is C10H8N4. The van der Waals surface area contributed by atoms with Crippen molar-refractivity contribution in [2.75, 3.05) is 5.43 Å². The fourth-order valence-electron chi connectivity index (χ4n) is 1.10. The highest BCUT2D eigenvalue weighted by Crippen LogP contribution is 2.05. The molecule has 0 saturated heterocycles. The van der Waals surface area contributed by atoms with Crippen LogP contribution in [0.2, 0.25) is 0 Å². The normalized spacial score (nSPS) is 9.36. The lowest BCUT2D eigenvalue weighted by atomic mass is 10.3. The summed E-state index contributed by atoms with van der Waals surface area (Å²) in [5.74, 6) is 0.653. The summed E-state index contributed by atoms with van der Waals surface area (Å²) < 4.78 is 1.77. The monoisotopic (exact) mass is 184 g/mol. The number of nitrogens with one attached hydrogen (secondary N) is 1. The van der Waals surface area contributed by atoms with Crippen LogP contribution < -0.4 is 5.43 Å². The maximum atomic E-state index is 8.68. The quantitative estimate of drug-likeness (QED) is 0.771. The second kappa shape index (κ2) is 3.62. The number of aromatic nitrogens is 2. The Labute approximate surface area is 81.4 Å². The van der Waals surface area contributed by atoms with Crippen LogP contribution in [-0.2, 0) is 0 Å². The van der Waals surface area contributed by atoms with Crippen molar-refractivity contribution in [1.29, 1.82) is 5.26 Å². The van der Waals surface area contributed by atoms with Gasteiger partial charge in [-0.15, -0.1) is 0 Å². The lowest BCUT2D eigenvalue weighted by molar-refractivity contribution is 0.952. The number of anilines is 1. The summed E-state index contributed by atoms with van der Waals surface area (Å²) in [6, 6.07) is 9.23. The van der Waals surface area contributed by atoms with Crippen molar-refractivity contribution in [2.45, 2.75) is 0 Å². The summed E-state index contributed by atoms with van der Waals surface area (Å²) in [6.07, 6.45) is 5.33. The van der Waals surface area contributed by atoms with Crippen LogP contribution in [0, 0.1) is 11.3 Å². The number of nitrogens with zero attached hydrogens (tertiary/aromatic N) is 3. The molecular weight excluding hydrogens is 176 g/mol. The second-order valence-electron chi connectivity index (χ2n) is 2.74. The second-order valence-corrected chi connectivity index (χ2v) is 2.74. The zero-order valence-corrected chi connectivity index (χ0v) is 7.38. The summed E-state index contributed by atoms with van der Waals surface area (Å²) in [6.45, 7) is 0. The Morgan fingerprint density at radius 3 is 2.86 bits per heavy atom. The average Bonchev–Trinajstić information content (AvgIpc) is 2.71. The standard InChI is InChI=1S/C10H8N4/c11-8-9-3-4-12-10(7-9)13-14-5-1-2-6-14/h1-7H,(H,12,13). The summed E-state index contributed by atoms with van der Waals surface area (Å²) in [5, 5.41) is 8.68. The molecule has 0 aliphatic heterocycles. The van der Waals surface area contributed by atoms with Gasteiger partial charge in [0.2, 0.25) is 0 Å². The number of hydrogen-bond acceptors (Lipinski definition) is 3. The predicted molar refractivity (Wildman–Crippen MR) is 52.4 cm³/mol. The van der Waals surface area contributed by atoms with Gasteiger partial charge in [0.05, 0.1) is 11.6 Å². The molecule has 2 rings (SSSR count). The van der Waals surface area contributed by atoms with Gasteiger partial charge in [-0.3, -0.25) is 10.1 Å². The van der Waals surface area contributed by atoms with Crippen LogP contribution in [0.3, 0.4) is 0 Å². The van der Waals surface area contributed by atoms with E-state index in [0.717, 1.165) is 0 Å². The summed E-state index contributed by atoms with van der Waals surface area (Å²) in [4.78, 5) is 4.08. The van der Waals surface area contributed by atoms with E-state index in [4.69, 9.17) is 5.26 Å². The van der Waals surface area contributed by atoms with Gasteiger partial charge in [-0.1, -0.05) is 0 Å². The van der Waals surface area contributed by atoms with Crippen molar-refractivity contribution in [3.63, 3.8) is 0 Å². The lowest BCUT2D eigenvalue weighted by Crippen LogP contribution is -2.07. The van der Waals surface area contributed by atoms with Crippen LogP contribution in [-0.4, -0.2) is 9.66 Å². The molecule has 0 bridgehead atoms. The van der Waals surface area contributed by atoms with E-state index in [1.165, 1.54) is 0 Å². The highest BCUT2D eigenvalue weighted by atomic mass is 15.4. The Balaban J connectivity index is 2.22. The van der Waals surface area contributed by atoms with E-state index >= 15 is 0 Å². The molecule has 1 N–H and O–H groups in total. The Morgan fingerprint density at radius 2 is 2.14 bits per heavy atom. The molecule has 0 aliphatic rings. The Bertz CT molecular complexity index is 453. The van der Waals surface area contributed by atoms with Gasteiger partial charge in [-0.25, -0.2) is 4.98 Å². The van der Waals surface area contributed by atoms with Crippen LogP contribution in [0.25, 0.3) is 0 Å². The van der Waals surface area contributed by atoms with Gasteiger partial charge in [0.1, 0.15) is 5.82 Å². The number of nitriles is 1. The van der Waals surface area contributed by atoms with Crippen molar-refractivity contribution < 1.29 is 0 Å². The van der Waals surface area contributed by atoms with E-state index in [0.29, 0.717) is 11.4 Å². The number of hydrogen-bond donors (Lipinski definition) is 1. The third-order valence-corrected chi connectivity index (χ3v) is 1.74. The average molecular weight is 184 g/mol. The van der Waals surface area contributed by atoms with Crippen molar-refractivity contribution >= 4 is 5.82 Å². The van der Waals surface area contributed by atoms with Crippen LogP contribution in [0.15, 0.2) is 42.9 Å². The van der Waals surface area contributed by atoms with Crippen LogP contribution in [0.4, 0.5) is 5.82 Å². The van der Waals surface area contributed by atoms with Gasteiger partial charge in [-0.2, -0.15) is 5.26 Å². The maximum absolute atomic E-state index is 8.68.